The highest BCUT2D eigenvalue weighted by Crippen LogP contribution is 2.25. The molecule has 1 aromatic heterocycles. The predicted molar refractivity (Wildman–Crippen MR) is 85.9 cm³/mol. The number of rotatable bonds is 4. The topological polar surface area (TPSA) is 74.3 Å². The fourth-order valence-electron chi connectivity index (χ4n) is 2.23. The van der Waals surface area contributed by atoms with Gasteiger partial charge in [0, 0.05) is 35.4 Å². The molecule has 1 aliphatic rings. The summed E-state index contributed by atoms with van der Waals surface area (Å²) in [7, 11) is 0. The van der Waals surface area contributed by atoms with E-state index in [1.54, 1.807) is 11.3 Å². The third-order valence-corrected chi connectivity index (χ3v) is 4.34. The van der Waals surface area contributed by atoms with Crippen molar-refractivity contribution in [2.45, 2.75) is 6.92 Å². The van der Waals surface area contributed by atoms with E-state index >= 15 is 0 Å². The predicted octanol–water partition coefficient (Wildman–Crippen LogP) is 2.08. The van der Waals surface area contributed by atoms with Crippen molar-refractivity contribution in [2.24, 2.45) is 0 Å². The summed E-state index contributed by atoms with van der Waals surface area (Å²) in [6.07, 6.45) is 0. The number of anilines is 1. The number of aromatic nitrogens is 1. The van der Waals surface area contributed by atoms with Gasteiger partial charge in [-0.15, -0.1) is 11.3 Å². The Labute approximate surface area is 132 Å². The Balaban J connectivity index is 1.66. The number of carbonyl (C=O) groups is 2. The lowest BCUT2D eigenvalue weighted by Gasteiger charge is -2.13. The van der Waals surface area contributed by atoms with E-state index in [1.807, 2.05) is 36.6 Å². The lowest BCUT2D eigenvalue weighted by atomic mass is 10.2. The van der Waals surface area contributed by atoms with E-state index in [9.17, 15) is 9.59 Å². The summed E-state index contributed by atoms with van der Waals surface area (Å²) in [4.78, 5) is 29.1. The second kappa shape index (κ2) is 6.15. The SMILES string of the molecule is Cc1csc(-c2cccc(NCC(=O)N3CCNC3=O)c2)n1. The largest absolute Gasteiger partial charge is 0.376 e. The molecule has 0 bridgehead atoms. The van der Waals surface area contributed by atoms with Crippen LogP contribution in [0, 0.1) is 6.92 Å². The molecule has 0 spiro atoms. The Morgan fingerprint density at radius 1 is 1.50 bits per heavy atom. The molecule has 0 radical (unpaired) electrons. The molecule has 3 rings (SSSR count). The molecule has 7 heteroatoms. The first-order valence-corrected chi connectivity index (χ1v) is 7.86. The van der Waals surface area contributed by atoms with E-state index < -0.39 is 0 Å². The van der Waals surface area contributed by atoms with Gasteiger partial charge in [0.15, 0.2) is 0 Å². The first-order valence-electron chi connectivity index (χ1n) is 6.98. The molecule has 0 saturated carbocycles. The van der Waals surface area contributed by atoms with Gasteiger partial charge in [0.2, 0.25) is 5.91 Å². The van der Waals surface area contributed by atoms with E-state index in [0.29, 0.717) is 13.1 Å². The van der Waals surface area contributed by atoms with Crippen molar-refractivity contribution < 1.29 is 9.59 Å². The van der Waals surface area contributed by atoms with Crippen LogP contribution in [0.5, 0.6) is 0 Å². The summed E-state index contributed by atoms with van der Waals surface area (Å²) in [6.45, 7) is 3.00. The molecule has 3 amide bonds. The van der Waals surface area contributed by atoms with Gasteiger partial charge < -0.3 is 10.6 Å². The van der Waals surface area contributed by atoms with Gasteiger partial charge in [0.1, 0.15) is 5.01 Å². The summed E-state index contributed by atoms with van der Waals surface area (Å²) in [6, 6.07) is 7.43. The lowest BCUT2D eigenvalue weighted by Crippen LogP contribution is -2.37. The standard InChI is InChI=1S/C15H16N4O2S/c1-10-9-22-14(18-10)11-3-2-4-12(7-11)17-8-13(20)19-6-5-16-15(19)21/h2-4,7,9,17H,5-6,8H2,1H3,(H,16,21). The van der Waals surface area contributed by atoms with Crippen LogP contribution in [0.25, 0.3) is 10.6 Å². The van der Waals surface area contributed by atoms with Crippen molar-refractivity contribution in [2.75, 3.05) is 25.0 Å². The summed E-state index contributed by atoms with van der Waals surface area (Å²) < 4.78 is 0. The van der Waals surface area contributed by atoms with Gasteiger partial charge >= 0.3 is 6.03 Å². The maximum atomic E-state index is 12.0. The van der Waals surface area contributed by atoms with Crippen molar-refractivity contribution >= 4 is 29.0 Å². The lowest BCUT2D eigenvalue weighted by molar-refractivity contribution is -0.125. The fourth-order valence-corrected chi connectivity index (χ4v) is 3.03. The number of amides is 3. The third-order valence-electron chi connectivity index (χ3n) is 3.33. The normalized spacial score (nSPS) is 14.0. The van der Waals surface area contributed by atoms with Gasteiger partial charge in [0.25, 0.3) is 0 Å². The van der Waals surface area contributed by atoms with Crippen LogP contribution < -0.4 is 10.6 Å². The zero-order valence-corrected chi connectivity index (χ0v) is 12.9. The number of hydrogen-bond acceptors (Lipinski definition) is 5. The zero-order valence-electron chi connectivity index (χ0n) is 12.1. The van der Waals surface area contributed by atoms with Crippen molar-refractivity contribution in [3.63, 3.8) is 0 Å². The Bertz CT molecular complexity index is 713. The Kier molecular flexibility index (Phi) is 4.06. The van der Waals surface area contributed by atoms with Crippen LogP contribution in [-0.2, 0) is 4.79 Å². The molecule has 0 unspecified atom stereocenters. The number of nitrogens with one attached hydrogen (secondary N) is 2. The van der Waals surface area contributed by atoms with Crippen LogP contribution in [0.4, 0.5) is 10.5 Å². The minimum Gasteiger partial charge on any atom is -0.376 e. The van der Waals surface area contributed by atoms with Gasteiger partial charge in [0.05, 0.1) is 6.54 Å². The first kappa shape index (κ1) is 14.5. The number of nitrogens with zero attached hydrogens (tertiary/aromatic N) is 2. The Morgan fingerprint density at radius 2 is 2.36 bits per heavy atom. The van der Waals surface area contributed by atoms with Gasteiger partial charge in [-0.05, 0) is 19.1 Å². The molecule has 114 valence electrons. The number of hydrogen-bond donors (Lipinski definition) is 2. The Morgan fingerprint density at radius 3 is 3.05 bits per heavy atom. The van der Waals surface area contributed by atoms with Crippen LogP contribution in [0.3, 0.4) is 0 Å². The highest BCUT2D eigenvalue weighted by molar-refractivity contribution is 7.13. The average Bonchev–Trinajstić information content (AvgIpc) is 3.14. The second-order valence-electron chi connectivity index (χ2n) is 5.01. The van der Waals surface area contributed by atoms with Crippen LogP contribution in [0.15, 0.2) is 29.6 Å². The van der Waals surface area contributed by atoms with E-state index in [1.165, 1.54) is 4.90 Å². The number of thiazole rings is 1. The van der Waals surface area contributed by atoms with E-state index in [4.69, 9.17) is 0 Å². The Hall–Kier alpha value is -2.41. The highest BCUT2D eigenvalue weighted by Gasteiger charge is 2.25. The first-order chi connectivity index (χ1) is 10.6. The summed E-state index contributed by atoms with van der Waals surface area (Å²) in [5.74, 6) is -0.231. The monoisotopic (exact) mass is 316 g/mol. The van der Waals surface area contributed by atoms with E-state index in [-0.39, 0.29) is 18.5 Å². The zero-order chi connectivity index (χ0) is 15.5. The van der Waals surface area contributed by atoms with Crippen molar-refractivity contribution in [1.29, 1.82) is 0 Å². The molecule has 0 aliphatic carbocycles. The molecule has 1 aromatic carbocycles. The van der Waals surface area contributed by atoms with E-state index in [2.05, 4.69) is 15.6 Å². The van der Waals surface area contributed by atoms with Crippen molar-refractivity contribution in [3.8, 4) is 10.6 Å². The molecular formula is C15H16N4O2S. The van der Waals surface area contributed by atoms with Gasteiger partial charge in [-0.3, -0.25) is 9.69 Å². The molecule has 2 aromatic rings. The number of aryl methyl sites for hydroxylation is 1. The molecule has 0 atom stereocenters. The molecule has 22 heavy (non-hydrogen) atoms. The van der Waals surface area contributed by atoms with Crippen molar-refractivity contribution in [1.82, 2.24) is 15.2 Å². The van der Waals surface area contributed by atoms with Crippen LogP contribution >= 0.6 is 11.3 Å². The maximum absolute atomic E-state index is 12.0. The summed E-state index contributed by atoms with van der Waals surface area (Å²) >= 11 is 1.59. The number of imide groups is 1. The number of urea groups is 1. The molecule has 2 heterocycles. The molecule has 1 fully saturated rings. The van der Waals surface area contributed by atoms with Crippen LogP contribution in [0.2, 0.25) is 0 Å². The number of benzene rings is 1. The minimum atomic E-state index is -0.321. The summed E-state index contributed by atoms with van der Waals surface area (Å²) in [5.41, 5.74) is 2.83. The average molecular weight is 316 g/mol. The highest BCUT2D eigenvalue weighted by atomic mass is 32.1. The molecule has 1 saturated heterocycles. The van der Waals surface area contributed by atoms with Gasteiger partial charge in [-0.2, -0.15) is 0 Å². The molecule has 2 N–H and O–H groups in total. The van der Waals surface area contributed by atoms with Crippen LogP contribution in [0.1, 0.15) is 5.69 Å². The maximum Gasteiger partial charge on any atom is 0.324 e. The van der Waals surface area contributed by atoms with Gasteiger partial charge in [-0.1, -0.05) is 12.1 Å². The third kappa shape index (κ3) is 3.09. The minimum absolute atomic E-state index is 0.0910. The smallest absolute Gasteiger partial charge is 0.324 e. The summed E-state index contributed by atoms with van der Waals surface area (Å²) in [5, 5.41) is 8.63. The molecule has 6 nitrogen and oxygen atoms in total. The second-order valence-corrected chi connectivity index (χ2v) is 5.86. The quantitative estimate of drug-likeness (QED) is 0.906. The van der Waals surface area contributed by atoms with Crippen LogP contribution in [-0.4, -0.2) is 41.5 Å². The van der Waals surface area contributed by atoms with E-state index in [0.717, 1.165) is 22.0 Å². The van der Waals surface area contributed by atoms with Crippen molar-refractivity contribution in [3.05, 3.63) is 35.3 Å². The molecular weight excluding hydrogens is 300 g/mol. The number of carbonyl (C=O) groups excluding carboxylic acids is 2. The van der Waals surface area contributed by atoms with Gasteiger partial charge in [-0.25, -0.2) is 9.78 Å². The molecule has 1 aliphatic heterocycles. The fraction of sp³-hybridized carbons (Fsp3) is 0.267.